The van der Waals surface area contributed by atoms with Crippen LogP contribution in [0.2, 0.25) is 0 Å². The van der Waals surface area contributed by atoms with Gasteiger partial charge in [0.2, 0.25) is 0 Å². The molecule has 2 atom stereocenters. The molecule has 2 N–H and O–H groups in total. The summed E-state index contributed by atoms with van der Waals surface area (Å²) in [6, 6.07) is 7.36. The van der Waals surface area contributed by atoms with E-state index in [1.165, 1.54) is 0 Å². The molecule has 0 saturated carbocycles. The van der Waals surface area contributed by atoms with E-state index in [0.29, 0.717) is 18.0 Å². The zero-order valence-electron chi connectivity index (χ0n) is 13.9. The van der Waals surface area contributed by atoms with Gasteiger partial charge >= 0.3 is 0 Å². The van der Waals surface area contributed by atoms with Crippen molar-refractivity contribution in [2.75, 3.05) is 45.1 Å². The van der Waals surface area contributed by atoms with Crippen LogP contribution in [-0.2, 0) is 10.8 Å². The number of ether oxygens (including phenoxy) is 1. The fraction of sp³-hybridized carbons (Fsp3) is 0.647. The summed E-state index contributed by atoms with van der Waals surface area (Å²) in [5.41, 5.74) is 0. The number of β-amino-alcohol motifs (C(OH)–C–C–N with tert-alkyl or cyclic N) is 1. The lowest BCUT2D eigenvalue weighted by Gasteiger charge is -2.29. The Morgan fingerprint density at radius 2 is 2.00 bits per heavy atom. The minimum absolute atomic E-state index is 0.280. The lowest BCUT2D eigenvalue weighted by molar-refractivity contribution is 0.0641. The molecule has 1 aliphatic rings. The van der Waals surface area contributed by atoms with Gasteiger partial charge in [0.15, 0.2) is 0 Å². The largest absolute Gasteiger partial charge is 0.491 e. The second-order valence-electron chi connectivity index (χ2n) is 5.89. The van der Waals surface area contributed by atoms with E-state index in [0.717, 1.165) is 43.9 Å². The highest BCUT2D eigenvalue weighted by Gasteiger charge is 2.14. The van der Waals surface area contributed by atoms with E-state index >= 15 is 0 Å². The van der Waals surface area contributed by atoms with Gasteiger partial charge in [-0.2, -0.15) is 0 Å². The molecule has 0 spiro atoms. The van der Waals surface area contributed by atoms with Crippen LogP contribution in [0.4, 0.5) is 0 Å². The highest BCUT2D eigenvalue weighted by molar-refractivity contribution is 7.85. The predicted molar refractivity (Wildman–Crippen MR) is 93.4 cm³/mol. The minimum Gasteiger partial charge on any atom is -0.491 e. The molecule has 1 fully saturated rings. The molecule has 0 aliphatic carbocycles. The van der Waals surface area contributed by atoms with E-state index in [1.54, 1.807) is 0 Å². The van der Waals surface area contributed by atoms with Crippen LogP contribution >= 0.6 is 0 Å². The van der Waals surface area contributed by atoms with Crippen LogP contribution in [0.15, 0.2) is 29.2 Å². The first-order chi connectivity index (χ1) is 11.2. The molecule has 5 nitrogen and oxygen atoms in total. The molecule has 1 aliphatic heterocycles. The van der Waals surface area contributed by atoms with E-state index in [-0.39, 0.29) is 6.61 Å². The Kier molecular flexibility index (Phi) is 8.02. The van der Waals surface area contributed by atoms with Gasteiger partial charge in [-0.15, -0.1) is 0 Å². The second-order valence-corrected chi connectivity index (χ2v) is 7.46. The monoisotopic (exact) mass is 340 g/mol. The maximum Gasteiger partial charge on any atom is 0.119 e. The third kappa shape index (κ3) is 6.59. The van der Waals surface area contributed by atoms with Crippen molar-refractivity contribution in [3.8, 4) is 5.75 Å². The third-order valence-electron chi connectivity index (χ3n) is 3.89. The average Bonchev–Trinajstić information content (AvgIpc) is 2.59. The van der Waals surface area contributed by atoms with Gasteiger partial charge in [-0.25, -0.2) is 0 Å². The molecule has 2 unspecified atom stereocenters. The Balaban J connectivity index is 1.73. The number of piperazine rings is 1. The van der Waals surface area contributed by atoms with Crippen molar-refractivity contribution in [2.24, 2.45) is 0 Å². The summed E-state index contributed by atoms with van der Waals surface area (Å²) in [6.45, 7) is 6.90. The van der Waals surface area contributed by atoms with Crippen molar-refractivity contribution in [2.45, 2.75) is 30.8 Å². The van der Waals surface area contributed by atoms with E-state index in [9.17, 15) is 9.32 Å². The van der Waals surface area contributed by atoms with E-state index in [4.69, 9.17) is 4.74 Å². The highest BCUT2D eigenvalue weighted by Crippen LogP contribution is 2.16. The van der Waals surface area contributed by atoms with Crippen LogP contribution in [0.3, 0.4) is 0 Å². The van der Waals surface area contributed by atoms with Crippen LogP contribution in [0, 0.1) is 0 Å². The van der Waals surface area contributed by atoms with Gasteiger partial charge in [0.25, 0.3) is 0 Å². The topological polar surface area (TPSA) is 61.8 Å². The van der Waals surface area contributed by atoms with Gasteiger partial charge in [-0.1, -0.05) is 13.3 Å². The number of nitrogens with one attached hydrogen (secondary N) is 1. The first-order valence-electron chi connectivity index (χ1n) is 8.41. The van der Waals surface area contributed by atoms with E-state index in [1.807, 2.05) is 24.3 Å². The van der Waals surface area contributed by atoms with Gasteiger partial charge in [-0.05, 0) is 30.7 Å². The van der Waals surface area contributed by atoms with Crippen molar-refractivity contribution in [3.63, 3.8) is 0 Å². The molecule has 0 radical (unpaired) electrons. The summed E-state index contributed by atoms with van der Waals surface area (Å²) in [7, 11) is -0.927. The molecule has 0 bridgehead atoms. The molecule has 1 saturated heterocycles. The molecule has 0 amide bonds. The molecule has 0 aromatic heterocycles. The van der Waals surface area contributed by atoms with Crippen molar-refractivity contribution in [1.29, 1.82) is 0 Å². The van der Waals surface area contributed by atoms with Gasteiger partial charge in [0, 0.05) is 43.4 Å². The fourth-order valence-corrected chi connectivity index (χ4v) is 3.74. The quantitative estimate of drug-likeness (QED) is 0.708. The molecular weight excluding hydrogens is 312 g/mol. The van der Waals surface area contributed by atoms with Crippen molar-refractivity contribution >= 4 is 10.8 Å². The third-order valence-corrected chi connectivity index (χ3v) is 5.35. The smallest absolute Gasteiger partial charge is 0.119 e. The van der Waals surface area contributed by atoms with Gasteiger partial charge < -0.3 is 15.2 Å². The molecule has 1 aromatic carbocycles. The van der Waals surface area contributed by atoms with Gasteiger partial charge in [0.1, 0.15) is 18.5 Å². The summed E-state index contributed by atoms with van der Waals surface area (Å²) in [4.78, 5) is 3.08. The summed E-state index contributed by atoms with van der Waals surface area (Å²) in [6.07, 6.45) is 1.53. The summed E-state index contributed by atoms with van der Waals surface area (Å²) in [5.74, 6) is 1.42. The van der Waals surface area contributed by atoms with Crippen LogP contribution in [0.1, 0.15) is 19.8 Å². The Bertz CT molecular complexity index is 475. The van der Waals surface area contributed by atoms with Crippen LogP contribution < -0.4 is 10.1 Å². The fourth-order valence-electron chi connectivity index (χ4n) is 2.52. The standard InChI is InChI=1S/C17H28N2O3S/c1-2-3-12-23(21)17-6-4-16(5-7-17)22-14-15(20)13-19-10-8-18-9-11-19/h4-7,15,18,20H,2-3,8-14H2,1H3. The van der Waals surface area contributed by atoms with Crippen molar-refractivity contribution in [3.05, 3.63) is 24.3 Å². The zero-order chi connectivity index (χ0) is 16.5. The van der Waals surface area contributed by atoms with Crippen molar-refractivity contribution in [1.82, 2.24) is 10.2 Å². The summed E-state index contributed by atoms with van der Waals surface area (Å²) < 4.78 is 17.7. The van der Waals surface area contributed by atoms with Gasteiger partial charge in [0.05, 0.1) is 10.8 Å². The Labute approximate surface area is 141 Å². The number of nitrogens with zero attached hydrogens (tertiary/aromatic N) is 1. The highest BCUT2D eigenvalue weighted by atomic mass is 32.2. The van der Waals surface area contributed by atoms with Crippen LogP contribution in [0.5, 0.6) is 5.75 Å². The maximum absolute atomic E-state index is 12.0. The number of aliphatic hydroxyl groups is 1. The normalized spacial score (nSPS) is 18.5. The number of hydrogen-bond acceptors (Lipinski definition) is 5. The summed E-state index contributed by atoms with van der Waals surface area (Å²) >= 11 is 0. The Morgan fingerprint density at radius 1 is 1.30 bits per heavy atom. The first kappa shape index (κ1) is 18.4. The lowest BCUT2D eigenvalue weighted by atomic mass is 10.3. The molecule has 2 rings (SSSR count). The maximum atomic E-state index is 12.0. The number of aliphatic hydroxyl groups excluding tert-OH is 1. The molecule has 23 heavy (non-hydrogen) atoms. The Morgan fingerprint density at radius 3 is 2.65 bits per heavy atom. The number of unbranched alkanes of at least 4 members (excludes halogenated alkanes) is 1. The predicted octanol–water partition coefficient (Wildman–Crippen LogP) is 1.24. The van der Waals surface area contributed by atoms with E-state index in [2.05, 4.69) is 17.1 Å². The number of rotatable bonds is 9. The number of hydrogen-bond donors (Lipinski definition) is 2. The van der Waals surface area contributed by atoms with Crippen LogP contribution in [0.25, 0.3) is 0 Å². The van der Waals surface area contributed by atoms with Gasteiger partial charge in [-0.3, -0.25) is 9.11 Å². The first-order valence-corrected chi connectivity index (χ1v) is 9.73. The molecule has 130 valence electrons. The Hall–Kier alpha value is -0.950. The molecule has 6 heteroatoms. The van der Waals surface area contributed by atoms with Crippen molar-refractivity contribution < 1.29 is 14.1 Å². The minimum atomic E-state index is -0.927. The molecule has 1 aromatic rings. The summed E-state index contributed by atoms with van der Waals surface area (Å²) in [5, 5.41) is 13.4. The average molecular weight is 340 g/mol. The van der Waals surface area contributed by atoms with Crippen LogP contribution in [-0.4, -0.2) is 65.4 Å². The second kappa shape index (κ2) is 10.0. The molecule has 1 heterocycles. The lowest BCUT2D eigenvalue weighted by Crippen LogP contribution is -2.47. The number of benzene rings is 1. The van der Waals surface area contributed by atoms with E-state index < -0.39 is 16.9 Å². The SMILES string of the molecule is CCCCS(=O)c1ccc(OCC(O)CN2CCNCC2)cc1. The molecular formula is C17H28N2O3S. The zero-order valence-corrected chi connectivity index (χ0v) is 14.7.